The lowest BCUT2D eigenvalue weighted by Crippen LogP contribution is -2.22. The first-order chi connectivity index (χ1) is 9.27. The molecule has 0 aliphatic carbocycles. The van der Waals surface area contributed by atoms with Crippen molar-refractivity contribution < 1.29 is 19.0 Å². The summed E-state index contributed by atoms with van der Waals surface area (Å²) in [5.74, 6) is -0.606. The molecular formula is C14H19NO4. The molecular weight excluding hydrogens is 246 g/mol. The minimum Gasteiger partial charge on any atom is -0.459 e. The summed E-state index contributed by atoms with van der Waals surface area (Å²) in [6.45, 7) is 4.67. The fraction of sp³-hybridized carbons (Fsp3) is 0.429. The molecule has 19 heavy (non-hydrogen) atoms. The van der Waals surface area contributed by atoms with Crippen LogP contribution in [0.3, 0.4) is 0 Å². The number of hydrogen-bond acceptors (Lipinski definition) is 5. The third-order valence-electron chi connectivity index (χ3n) is 2.14. The van der Waals surface area contributed by atoms with Crippen LogP contribution in [0, 0.1) is 0 Å². The third kappa shape index (κ3) is 6.01. The molecule has 0 unspecified atom stereocenters. The number of aliphatic imine (C=N–C) groups is 1. The lowest BCUT2D eigenvalue weighted by molar-refractivity contribution is -0.138. The van der Waals surface area contributed by atoms with Crippen molar-refractivity contribution >= 4 is 11.9 Å². The first-order valence-electron chi connectivity index (χ1n) is 6.24. The molecule has 5 nitrogen and oxygen atoms in total. The van der Waals surface area contributed by atoms with E-state index in [9.17, 15) is 4.79 Å². The van der Waals surface area contributed by atoms with Gasteiger partial charge in [-0.15, -0.1) is 0 Å². The SMILES string of the molecule is CCN=C(OCOCc1ccccc1)C(=O)OCC. The molecule has 5 heteroatoms. The Morgan fingerprint density at radius 3 is 2.53 bits per heavy atom. The summed E-state index contributed by atoms with van der Waals surface area (Å²) in [6, 6.07) is 9.70. The Bertz CT molecular complexity index is 403. The Morgan fingerprint density at radius 2 is 1.89 bits per heavy atom. The highest BCUT2D eigenvalue weighted by Crippen LogP contribution is 2.00. The molecule has 0 atom stereocenters. The number of carbonyl (C=O) groups excluding carboxylic acids is 1. The van der Waals surface area contributed by atoms with Gasteiger partial charge in [0.25, 0.3) is 5.90 Å². The molecule has 0 saturated carbocycles. The van der Waals surface area contributed by atoms with E-state index in [-0.39, 0.29) is 19.3 Å². The van der Waals surface area contributed by atoms with E-state index >= 15 is 0 Å². The summed E-state index contributed by atoms with van der Waals surface area (Å²) in [6.07, 6.45) is 0. The zero-order valence-electron chi connectivity index (χ0n) is 11.3. The average Bonchev–Trinajstić information content (AvgIpc) is 2.43. The number of hydrogen-bond donors (Lipinski definition) is 0. The summed E-state index contributed by atoms with van der Waals surface area (Å²) >= 11 is 0. The second-order valence-corrected chi connectivity index (χ2v) is 3.60. The molecule has 0 heterocycles. The molecule has 0 aliphatic heterocycles. The average molecular weight is 265 g/mol. The first kappa shape index (κ1) is 15.2. The van der Waals surface area contributed by atoms with Crippen LogP contribution in [0.25, 0.3) is 0 Å². The van der Waals surface area contributed by atoms with Gasteiger partial charge >= 0.3 is 5.97 Å². The van der Waals surface area contributed by atoms with Gasteiger partial charge in [0.1, 0.15) is 0 Å². The number of nitrogens with zero attached hydrogens (tertiary/aromatic N) is 1. The number of benzene rings is 1. The van der Waals surface area contributed by atoms with Crippen molar-refractivity contribution in [2.75, 3.05) is 19.9 Å². The van der Waals surface area contributed by atoms with E-state index in [1.807, 2.05) is 37.3 Å². The molecule has 1 rings (SSSR count). The highest BCUT2D eigenvalue weighted by atomic mass is 16.7. The van der Waals surface area contributed by atoms with Gasteiger partial charge in [-0.25, -0.2) is 9.79 Å². The topological polar surface area (TPSA) is 57.1 Å². The van der Waals surface area contributed by atoms with E-state index in [1.54, 1.807) is 6.92 Å². The van der Waals surface area contributed by atoms with Gasteiger partial charge < -0.3 is 14.2 Å². The van der Waals surface area contributed by atoms with Crippen LogP contribution in [-0.4, -0.2) is 31.8 Å². The Labute approximate surface area is 113 Å². The van der Waals surface area contributed by atoms with Crippen LogP contribution < -0.4 is 0 Å². The number of rotatable bonds is 6. The summed E-state index contributed by atoms with van der Waals surface area (Å²) in [4.78, 5) is 15.4. The molecule has 0 aromatic heterocycles. The van der Waals surface area contributed by atoms with Gasteiger partial charge in [-0.05, 0) is 19.4 Å². The van der Waals surface area contributed by atoms with Gasteiger partial charge in [0.2, 0.25) is 0 Å². The molecule has 0 radical (unpaired) electrons. The Balaban J connectivity index is 2.33. The summed E-state index contributed by atoms with van der Waals surface area (Å²) in [5.41, 5.74) is 1.04. The quantitative estimate of drug-likeness (QED) is 0.260. The van der Waals surface area contributed by atoms with E-state index < -0.39 is 5.97 Å². The second-order valence-electron chi connectivity index (χ2n) is 3.60. The molecule has 0 bridgehead atoms. The highest BCUT2D eigenvalue weighted by Gasteiger charge is 2.13. The summed E-state index contributed by atoms with van der Waals surface area (Å²) in [5, 5.41) is 0. The Kier molecular flexibility index (Phi) is 7.27. The van der Waals surface area contributed by atoms with Crippen molar-refractivity contribution in [3.05, 3.63) is 35.9 Å². The fourth-order valence-corrected chi connectivity index (χ4v) is 1.34. The molecule has 1 aromatic carbocycles. The molecule has 0 N–H and O–H groups in total. The number of carbonyl (C=O) groups is 1. The van der Waals surface area contributed by atoms with Crippen molar-refractivity contribution in [2.24, 2.45) is 4.99 Å². The second kappa shape index (κ2) is 9.10. The molecule has 1 aromatic rings. The van der Waals surface area contributed by atoms with Crippen molar-refractivity contribution in [3.8, 4) is 0 Å². The van der Waals surface area contributed by atoms with E-state index in [2.05, 4.69) is 4.99 Å². The van der Waals surface area contributed by atoms with Crippen LogP contribution in [0.15, 0.2) is 35.3 Å². The van der Waals surface area contributed by atoms with Crippen LogP contribution in [0.2, 0.25) is 0 Å². The predicted octanol–water partition coefficient (Wildman–Crippen LogP) is 2.16. The largest absolute Gasteiger partial charge is 0.459 e. The van der Waals surface area contributed by atoms with Crippen LogP contribution in [0.5, 0.6) is 0 Å². The van der Waals surface area contributed by atoms with Crippen LogP contribution in [0.4, 0.5) is 0 Å². The van der Waals surface area contributed by atoms with Crippen molar-refractivity contribution in [2.45, 2.75) is 20.5 Å². The van der Waals surface area contributed by atoms with Gasteiger partial charge in [-0.1, -0.05) is 30.3 Å². The summed E-state index contributed by atoms with van der Waals surface area (Å²) in [7, 11) is 0. The molecule has 0 fully saturated rings. The number of esters is 1. The van der Waals surface area contributed by atoms with Crippen LogP contribution >= 0.6 is 0 Å². The minimum absolute atomic E-state index is 0.0352. The van der Waals surface area contributed by atoms with Crippen molar-refractivity contribution in [1.82, 2.24) is 0 Å². The highest BCUT2D eigenvalue weighted by molar-refractivity contribution is 6.32. The molecule has 104 valence electrons. The van der Waals surface area contributed by atoms with Crippen LogP contribution in [0.1, 0.15) is 19.4 Å². The Morgan fingerprint density at radius 1 is 1.16 bits per heavy atom. The fourth-order valence-electron chi connectivity index (χ4n) is 1.34. The Hall–Kier alpha value is -1.88. The van der Waals surface area contributed by atoms with Gasteiger partial charge in [-0.2, -0.15) is 0 Å². The zero-order chi connectivity index (χ0) is 13.9. The van der Waals surface area contributed by atoms with Gasteiger partial charge in [0.15, 0.2) is 6.79 Å². The molecule has 0 saturated heterocycles. The van der Waals surface area contributed by atoms with Crippen LogP contribution in [-0.2, 0) is 25.6 Å². The maximum absolute atomic E-state index is 11.5. The van der Waals surface area contributed by atoms with Gasteiger partial charge in [-0.3, -0.25) is 0 Å². The lowest BCUT2D eigenvalue weighted by atomic mass is 10.2. The smallest absolute Gasteiger partial charge is 0.393 e. The molecule has 0 aliphatic rings. The van der Waals surface area contributed by atoms with Crippen molar-refractivity contribution in [3.63, 3.8) is 0 Å². The predicted molar refractivity (Wildman–Crippen MR) is 71.8 cm³/mol. The molecule has 0 amide bonds. The lowest BCUT2D eigenvalue weighted by Gasteiger charge is -2.08. The normalized spacial score (nSPS) is 11.2. The monoisotopic (exact) mass is 265 g/mol. The molecule has 0 spiro atoms. The van der Waals surface area contributed by atoms with E-state index in [0.717, 1.165) is 5.56 Å². The minimum atomic E-state index is -0.562. The van der Waals surface area contributed by atoms with E-state index in [4.69, 9.17) is 14.2 Å². The zero-order valence-corrected chi connectivity index (χ0v) is 11.3. The first-order valence-corrected chi connectivity index (χ1v) is 6.24. The van der Waals surface area contributed by atoms with Gasteiger partial charge in [0.05, 0.1) is 13.2 Å². The van der Waals surface area contributed by atoms with E-state index in [1.165, 1.54) is 0 Å². The third-order valence-corrected chi connectivity index (χ3v) is 2.14. The van der Waals surface area contributed by atoms with Gasteiger partial charge in [0, 0.05) is 6.54 Å². The summed E-state index contributed by atoms with van der Waals surface area (Å²) < 4.78 is 15.3. The maximum Gasteiger partial charge on any atom is 0.393 e. The van der Waals surface area contributed by atoms with E-state index in [0.29, 0.717) is 13.2 Å². The number of ether oxygens (including phenoxy) is 3. The maximum atomic E-state index is 11.5. The standard InChI is InChI=1S/C14H19NO4/c1-3-15-13(14(16)18-4-2)19-11-17-10-12-8-6-5-7-9-12/h5-9H,3-4,10-11H2,1-2H3. The van der Waals surface area contributed by atoms with Crippen molar-refractivity contribution in [1.29, 1.82) is 0 Å².